The molecule has 1 rings (SSSR count). The summed E-state index contributed by atoms with van der Waals surface area (Å²) in [6.07, 6.45) is 6.51. The fraction of sp³-hybridized carbons (Fsp3) is 0.500. The molecule has 0 amide bonds. The van der Waals surface area contributed by atoms with Gasteiger partial charge in [-0.1, -0.05) is 18.6 Å². The molecule has 0 radical (unpaired) electrons. The minimum atomic E-state index is 0.283. The van der Waals surface area contributed by atoms with Crippen molar-refractivity contribution in [3.63, 3.8) is 0 Å². The van der Waals surface area contributed by atoms with Gasteiger partial charge in [0.1, 0.15) is 0 Å². The molecule has 0 saturated heterocycles. The third kappa shape index (κ3) is 2.34. The summed E-state index contributed by atoms with van der Waals surface area (Å²) in [7, 11) is 0. The number of carbonyl (C=O) groups excluding carboxylic acids is 1. The van der Waals surface area contributed by atoms with Gasteiger partial charge in [-0.3, -0.25) is 4.79 Å². The van der Waals surface area contributed by atoms with Crippen LogP contribution in [0, 0.1) is 5.92 Å². The van der Waals surface area contributed by atoms with Crippen LogP contribution < -0.4 is 0 Å². The van der Waals surface area contributed by atoms with E-state index in [4.69, 9.17) is 0 Å². The van der Waals surface area contributed by atoms with Gasteiger partial charge in [0.05, 0.1) is 0 Å². The Morgan fingerprint density at radius 3 is 2.91 bits per heavy atom. The summed E-state index contributed by atoms with van der Waals surface area (Å²) in [5, 5.41) is 0. The van der Waals surface area contributed by atoms with Gasteiger partial charge in [-0.15, -0.1) is 6.58 Å². The number of hydrogen-bond donors (Lipinski definition) is 0. The molecule has 1 unspecified atom stereocenters. The van der Waals surface area contributed by atoms with E-state index in [9.17, 15) is 4.79 Å². The summed E-state index contributed by atoms with van der Waals surface area (Å²) >= 11 is 0. The maximum atomic E-state index is 10.6. The van der Waals surface area contributed by atoms with Gasteiger partial charge in [0.25, 0.3) is 0 Å². The zero-order valence-corrected chi connectivity index (χ0v) is 6.97. The molecule has 0 aromatic heterocycles. The molecule has 1 aliphatic carbocycles. The summed E-state index contributed by atoms with van der Waals surface area (Å²) in [6.45, 7) is 5.87. The average Bonchev–Trinajstić information content (AvgIpc) is 1.85. The van der Waals surface area contributed by atoms with E-state index in [-0.39, 0.29) is 5.78 Å². The molecule has 0 aromatic carbocycles. The van der Waals surface area contributed by atoms with Crippen LogP contribution in [-0.2, 0) is 4.79 Å². The van der Waals surface area contributed by atoms with Crippen LogP contribution in [0.2, 0.25) is 0 Å². The minimum Gasteiger partial charge on any atom is -0.295 e. The number of ketones is 1. The lowest BCUT2D eigenvalue weighted by atomic mass is 9.88. The number of carbonyl (C=O) groups is 1. The summed E-state index contributed by atoms with van der Waals surface area (Å²) < 4.78 is 0. The van der Waals surface area contributed by atoms with Crippen molar-refractivity contribution in [2.24, 2.45) is 5.92 Å². The van der Waals surface area contributed by atoms with Gasteiger partial charge in [0.15, 0.2) is 5.78 Å². The van der Waals surface area contributed by atoms with Crippen LogP contribution >= 0.6 is 0 Å². The SMILES string of the molecule is C=CCC(C)CC1=CC(=O)C1. The first-order chi connectivity index (χ1) is 5.22. The zero-order chi connectivity index (χ0) is 8.27. The molecule has 1 aliphatic rings. The summed E-state index contributed by atoms with van der Waals surface area (Å²) in [5.41, 5.74) is 1.31. The Morgan fingerprint density at radius 2 is 2.45 bits per heavy atom. The van der Waals surface area contributed by atoms with Crippen molar-refractivity contribution in [2.45, 2.75) is 26.2 Å². The Bertz CT molecular complexity index is 201. The summed E-state index contributed by atoms with van der Waals surface area (Å²) in [5.74, 6) is 0.928. The highest BCUT2D eigenvalue weighted by atomic mass is 16.1. The first-order valence-electron chi connectivity index (χ1n) is 4.05. The predicted molar refractivity (Wildman–Crippen MR) is 46.3 cm³/mol. The Labute approximate surface area is 67.8 Å². The average molecular weight is 150 g/mol. The van der Waals surface area contributed by atoms with Gasteiger partial charge in [0, 0.05) is 6.42 Å². The summed E-state index contributed by atoms with van der Waals surface area (Å²) in [6, 6.07) is 0. The molecule has 1 nitrogen and oxygen atoms in total. The van der Waals surface area contributed by atoms with Gasteiger partial charge < -0.3 is 0 Å². The Morgan fingerprint density at radius 1 is 1.82 bits per heavy atom. The molecule has 60 valence electrons. The second-order valence-electron chi connectivity index (χ2n) is 3.28. The third-order valence-electron chi connectivity index (χ3n) is 1.95. The van der Waals surface area contributed by atoms with E-state index in [1.165, 1.54) is 5.57 Å². The molecule has 0 heterocycles. The molecule has 0 fully saturated rings. The van der Waals surface area contributed by atoms with E-state index in [2.05, 4.69) is 13.5 Å². The molecule has 0 bridgehead atoms. The van der Waals surface area contributed by atoms with Gasteiger partial charge in [0.2, 0.25) is 0 Å². The predicted octanol–water partition coefficient (Wildman–Crippen LogP) is 2.49. The monoisotopic (exact) mass is 150 g/mol. The van der Waals surface area contributed by atoms with E-state index in [0.717, 1.165) is 12.8 Å². The van der Waals surface area contributed by atoms with Crippen LogP contribution in [0.1, 0.15) is 26.2 Å². The smallest absolute Gasteiger partial charge is 0.159 e. The molecule has 0 aliphatic heterocycles. The van der Waals surface area contributed by atoms with Crippen LogP contribution in [0.4, 0.5) is 0 Å². The highest BCUT2D eigenvalue weighted by Crippen LogP contribution is 2.23. The highest BCUT2D eigenvalue weighted by Gasteiger charge is 2.16. The molecular formula is C10H14O. The first-order valence-corrected chi connectivity index (χ1v) is 4.05. The van der Waals surface area contributed by atoms with Crippen molar-refractivity contribution in [1.29, 1.82) is 0 Å². The topological polar surface area (TPSA) is 17.1 Å². The molecule has 0 aromatic rings. The number of hydrogen-bond acceptors (Lipinski definition) is 1. The molecule has 11 heavy (non-hydrogen) atoms. The molecular weight excluding hydrogens is 136 g/mol. The van der Waals surface area contributed by atoms with Gasteiger partial charge >= 0.3 is 0 Å². The quantitative estimate of drug-likeness (QED) is 0.563. The Kier molecular flexibility index (Phi) is 2.64. The Balaban J connectivity index is 2.26. The number of allylic oxidation sites excluding steroid dienone is 3. The van der Waals surface area contributed by atoms with Crippen LogP contribution in [-0.4, -0.2) is 5.78 Å². The van der Waals surface area contributed by atoms with E-state index < -0.39 is 0 Å². The van der Waals surface area contributed by atoms with Crippen LogP contribution in [0.15, 0.2) is 24.3 Å². The lowest BCUT2D eigenvalue weighted by molar-refractivity contribution is -0.115. The van der Waals surface area contributed by atoms with Crippen molar-refractivity contribution in [2.75, 3.05) is 0 Å². The molecule has 0 spiro atoms. The van der Waals surface area contributed by atoms with Crippen molar-refractivity contribution >= 4 is 5.78 Å². The van der Waals surface area contributed by atoms with E-state index in [0.29, 0.717) is 12.3 Å². The minimum absolute atomic E-state index is 0.283. The number of rotatable bonds is 4. The third-order valence-corrected chi connectivity index (χ3v) is 1.95. The standard InChI is InChI=1S/C10H14O/c1-3-4-8(2)5-9-6-10(11)7-9/h3,6,8H,1,4-5,7H2,2H3. The zero-order valence-electron chi connectivity index (χ0n) is 6.97. The fourth-order valence-corrected chi connectivity index (χ4v) is 1.37. The largest absolute Gasteiger partial charge is 0.295 e. The second kappa shape index (κ2) is 3.51. The second-order valence-corrected chi connectivity index (χ2v) is 3.28. The van der Waals surface area contributed by atoms with Crippen molar-refractivity contribution in [1.82, 2.24) is 0 Å². The molecule has 0 saturated carbocycles. The maximum Gasteiger partial charge on any atom is 0.159 e. The van der Waals surface area contributed by atoms with E-state index in [1.54, 1.807) is 6.08 Å². The summed E-state index contributed by atoms with van der Waals surface area (Å²) in [4.78, 5) is 10.6. The normalized spacial score (nSPS) is 18.6. The van der Waals surface area contributed by atoms with Gasteiger partial charge in [-0.25, -0.2) is 0 Å². The van der Waals surface area contributed by atoms with Crippen LogP contribution in [0.5, 0.6) is 0 Å². The fourth-order valence-electron chi connectivity index (χ4n) is 1.37. The van der Waals surface area contributed by atoms with Gasteiger partial charge in [-0.2, -0.15) is 0 Å². The van der Waals surface area contributed by atoms with Gasteiger partial charge in [-0.05, 0) is 24.8 Å². The first kappa shape index (κ1) is 8.25. The van der Waals surface area contributed by atoms with Crippen LogP contribution in [0.3, 0.4) is 0 Å². The van der Waals surface area contributed by atoms with E-state index >= 15 is 0 Å². The highest BCUT2D eigenvalue weighted by molar-refractivity contribution is 5.98. The van der Waals surface area contributed by atoms with E-state index in [1.807, 2.05) is 6.08 Å². The van der Waals surface area contributed by atoms with Crippen LogP contribution in [0.25, 0.3) is 0 Å². The lowest BCUT2D eigenvalue weighted by Gasteiger charge is -2.16. The molecule has 1 atom stereocenters. The molecule has 1 heteroatoms. The maximum absolute atomic E-state index is 10.6. The molecule has 0 N–H and O–H groups in total. The van der Waals surface area contributed by atoms with Crippen molar-refractivity contribution in [3.05, 3.63) is 24.3 Å². The van der Waals surface area contributed by atoms with Crippen molar-refractivity contribution < 1.29 is 4.79 Å². The lowest BCUT2D eigenvalue weighted by Crippen LogP contribution is -2.10. The van der Waals surface area contributed by atoms with Crippen molar-refractivity contribution in [3.8, 4) is 0 Å². The Hall–Kier alpha value is -0.850.